The van der Waals surface area contributed by atoms with E-state index in [0.29, 0.717) is 23.5 Å². The molecule has 0 spiro atoms. The number of hydrogen-bond acceptors (Lipinski definition) is 2. The Hall–Kier alpha value is -0.310. The van der Waals surface area contributed by atoms with Crippen LogP contribution in [0.1, 0.15) is 32.6 Å². The molecular formula is C15H20O2S. The maximum absolute atomic E-state index is 11.7. The van der Waals surface area contributed by atoms with Gasteiger partial charge in [0.05, 0.1) is 0 Å². The molecule has 0 radical (unpaired) electrons. The van der Waals surface area contributed by atoms with Crippen molar-refractivity contribution in [2.24, 2.45) is 47.3 Å². The third kappa shape index (κ3) is 1.27. The van der Waals surface area contributed by atoms with Gasteiger partial charge in [0.25, 0.3) is 0 Å². The van der Waals surface area contributed by atoms with Crippen molar-refractivity contribution in [3.8, 4) is 0 Å². The van der Waals surface area contributed by atoms with Crippen molar-refractivity contribution in [2.75, 3.05) is 0 Å². The molecule has 3 heteroatoms. The number of carbonyl (C=O) groups excluding carboxylic acids is 2. The SMILES string of the molecule is CC(=O)C1CC2CC1C1C3CC(C(=O)S)C(C3)C21. The minimum atomic E-state index is 0.117. The largest absolute Gasteiger partial charge is 0.300 e. The fraction of sp³-hybridized carbons (Fsp3) is 0.867. The molecule has 0 aromatic heterocycles. The maximum Gasteiger partial charge on any atom is 0.189 e. The standard InChI is InChI=1S/C15H20O2S/c1-6(16)9-2-7-3-10(9)13-8-4-11(14(7)13)12(5-8)15(17)18/h7-14H,2-5H2,1H3,(H,17,18). The van der Waals surface area contributed by atoms with Gasteiger partial charge >= 0.3 is 0 Å². The molecule has 18 heavy (non-hydrogen) atoms. The summed E-state index contributed by atoms with van der Waals surface area (Å²) in [5.41, 5.74) is 0. The van der Waals surface area contributed by atoms with Gasteiger partial charge in [-0.25, -0.2) is 0 Å². The van der Waals surface area contributed by atoms with Gasteiger partial charge in [-0.15, -0.1) is 12.6 Å². The average molecular weight is 264 g/mol. The molecule has 0 amide bonds. The Kier molecular flexibility index (Phi) is 2.31. The van der Waals surface area contributed by atoms with Crippen molar-refractivity contribution in [3.63, 3.8) is 0 Å². The third-order valence-electron chi connectivity index (χ3n) is 6.66. The van der Waals surface area contributed by atoms with E-state index in [1.54, 1.807) is 6.92 Å². The van der Waals surface area contributed by atoms with E-state index in [1.807, 2.05) is 0 Å². The van der Waals surface area contributed by atoms with Crippen molar-refractivity contribution in [1.29, 1.82) is 0 Å². The molecule has 4 saturated carbocycles. The first-order valence-corrected chi connectivity index (χ1v) is 7.76. The molecule has 0 saturated heterocycles. The van der Waals surface area contributed by atoms with Gasteiger partial charge in [0, 0.05) is 11.8 Å². The van der Waals surface area contributed by atoms with Crippen LogP contribution in [0.4, 0.5) is 0 Å². The second-order valence-corrected chi connectivity index (χ2v) is 7.55. The highest BCUT2D eigenvalue weighted by Crippen LogP contribution is 2.70. The predicted octanol–water partition coefficient (Wildman–Crippen LogP) is 2.58. The Balaban J connectivity index is 1.63. The molecule has 0 N–H and O–H groups in total. The fourth-order valence-electron chi connectivity index (χ4n) is 6.35. The number of carbonyl (C=O) groups is 2. The zero-order valence-electron chi connectivity index (χ0n) is 10.7. The Bertz CT molecular complexity index is 392. The zero-order valence-corrected chi connectivity index (χ0v) is 11.6. The molecule has 4 fully saturated rings. The molecule has 4 aliphatic rings. The smallest absolute Gasteiger partial charge is 0.189 e. The zero-order chi connectivity index (χ0) is 12.6. The van der Waals surface area contributed by atoms with Gasteiger partial charge in [-0.05, 0) is 68.1 Å². The first kappa shape index (κ1) is 11.5. The first-order chi connectivity index (χ1) is 8.58. The van der Waals surface area contributed by atoms with Crippen molar-refractivity contribution >= 4 is 23.5 Å². The summed E-state index contributed by atoms with van der Waals surface area (Å²) < 4.78 is 0. The highest BCUT2D eigenvalue weighted by atomic mass is 32.1. The average Bonchev–Trinajstić information content (AvgIpc) is 3.05. The summed E-state index contributed by atoms with van der Waals surface area (Å²) >= 11 is 4.08. The second kappa shape index (κ2) is 3.62. The third-order valence-corrected chi connectivity index (χ3v) is 6.99. The molecule has 0 aromatic rings. The number of ketones is 1. The molecule has 4 bridgehead atoms. The van der Waals surface area contributed by atoms with Gasteiger partial charge < -0.3 is 0 Å². The van der Waals surface area contributed by atoms with E-state index >= 15 is 0 Å². The highest BCUT2D eigenvalue weighted by molar-refractivity contribution is 7.96. The van der Waals surface area contributed by atoms with Crippen LogP contribution in [0.2, 0.25) is 0 Å². The van der Waals surface area contributed by atoms with Crippen molar-refractivity contribution in [2.45, 2.75) is 32.6 Å². The van der Waals surface area contributed by atoms with Gasteiger partial charge in [-0.2, -0.15) is 0 Å². The Morgan fingerprint density at radius 2 is 1.39 bits per heavy atom. The molecule has 8 unspecified atom stereocenters. The molecule has 0 aromatic carbocycles. The molecule has 0 aliphatic heterocycles. The minimum Gasteiger partial charge on any atom is -0.300 e. The topological polar surface area (TPSA) is 34.1 Å². The van der Waals surface area contributed by atoms with Crippen LogP contribution in [0.3, 0.4) is 0 Å². The monoisotopic (exact) mass is 264 g/mol. The second-order valence-electron chi connectivity index (χ2n) is 7.11. The summed E-state index contributed by atoms with van der Waals surface area (Å²) in [4.78, 5) is 23.4. The van der Waals surface area contributed by atoms with E-state index in [9.17, 15) is 9.59 Å². The molecule has 4 aliphatic carbocycles. The van der Waals surface area contributed by atoms with E-state index in [2.05, 4.69) is 12.6 Å². The summed E-state index contributed by atoms with van der Waals surface area (Å²) in [6.07, 6.45) is 4.67. The molecule has 8 atom stereocenters. The summed E-state index contributed by atoms with van der Waals surface area (Å²) in [6, 6.07) is 0. The lowest BCUT2D eigenvalue weighted by Crippen LogP contribution is -2.38. The summed E-state index contributed by atoms with van der Waals surface area (Å²) in [6.45, 7) is 1.77. The summed E-state index contributed by atoms with van der Waals surface area (Å²) in [7, 11) is 0. The fourth-order valence-corrected chi connectivity index (χ4v) is 6.65. The number of hydrogen-bond donors (Lipinski definition) is 1. The van der Waals surface area contributed by atoms with Crippen LogP contribution in [0.15, 0.2) is 0 Å². The van der Waals surface area contributed by atoms with Crippen LogP contribution in [-0.2, 0) is 9.59 Å². The predicted molar refractivity (Wildman–Crippen MR) is 71.1 cm³/mol. The van der Waals surface area contributed by atoms with Crippen LogP contribution in [-0.4, -0.2) is 10.9 Å². The van der Waals surface area contributed by atoms with Crippen molar-refractivity contribution in [3.05, 3.63) is 0 Å². The van der Waals surface area contributed by atoms with Gasteiger partial charge in [0.15, 0.2) is 5.12 Å². The van der Waals surface area contributed by atoms with Gasteiger partial charge in [0.1, 0.15) is 5.78 Å². The molecular weight excluding hydrogens is 244 g/mol. The van der Waals surface area contributed by atoms with Crippen LogP contribution in [0.5, 0.6) is 0 Å². The number of rotatable bonds is 2. The van der Waals surface area contributed by atoms with E-state index in [4.69, 9.17) is 0 Å². The Morgan fingerprint density at radius 3 is 1.89 bits per heavy atom. The molecule has 0 heterocycles. The van der Waals surface area contributed by atoms with Gasteiger partial charge in [-0.3, -0.25) is 9.59 Å². The van der Waals surface area contributed by atoms with Crippen LogP contribution >= 0.6 is 12.6 Å². The van der Waals surface area contributed by atoms with Crippen molar-refractivity contribution in [1.82, 2.24) is 0 Å². The minimum absolute atomic E-state index is 0.117. The summed E-state index contributed by atoms with van der Waals surface area (Å²) in [5, 5.41) is 0.117. The van der Waals surface area contributed by atoms with E-state index in [0.717, 1.165) is 36.5 Å². The van der Waals surface area contributed by atoms with Crippen LogP contribution in [0, 0.1) is 47.3 Å². The summed E-state index contributed by atoms with van der Waals surface area (Å²) in [5.74, 6) is 5.23. The number of fused-ring (bicyclic) bond motifs is 9. The maximum atomic E-state index is 11.7. The Labute approximate surface area is 113 Å². The normalized spacial score (nSPS) is 55.9. The van der Waals surface area contributed by atoms with Crippen LogP contribution in [0.25, 0.3) is 0 Å². The van der Waals surface area contributed by atoms with E-state index in [1.165, 1.54) is 12.8 Å². The lowest BCUT2D eigenvalue weighted by Gasteiger charge is -2.40. The lowest BCUT2D eigenvalue weighted by molar-refractivity contribution is -0.125. The van der Waals surface area contributed by atoms with Crippen LogP contribution < -0.4 is 0 Å². The van der Waals surface area contributed by atoms with E-state index < -0.39 is 0 Å². The first-order valence-electron chi connectivity index (χ1n) is 7.31. The molecule has 98 valence electrons. The van der Waals surface area contributed by atoms with Crippen molar-refractivity contribution < 1.29 is 9.59 Å². The molecule has 4 rings (SSSR count). The van der Waals surface area contributed by atoms with E-state index in [-0.39, 0.29) is 11.0 Å². The lowest BCUT2D eigenvalue weighted by atomic mass is 9.64. The van der Waals surface area contributed by atoms with Gasteiger partial charge in [0.2, 0.25) is 0 Å². The quantitative estimate of drug-likeness (QED) is 0.614. The molecule has 2 nitrogen and oxygen atoms in total. The number of thiol groups is 1. The highest BCUT2D eigenvalue weighted by Gasteiger charge is 2.65. The number of Topliss-reactive ketones (excluding diaryl/α,β-unsaturated/α-hetero) is 1. The Morgan fingerprint density at radius 1 is 0.889 bits per heavy atom. The van der Waals surface area contributed by atoms with Gasteiger partial charge in [-0.1, -0.05) is 0 Å².